The second-order valence-corrected chi connectivity index (χ2v) is 6.80. The van der Waals surface area contributed by atoms with Crippen molar-refractivity contribution in [2.75, 3.05) is 0 Å². The fraction of sp³-hybridized carbons (Fsp3) is 0.136. The van der Waals surface area contributed by atoms with Gasteiger partial charge in [0.1, 0.15) is 18.2 Å². The Balaban J connectivity index is 1.26. The van der Waals surface area contributed by atoms with Crippen LogP contribution in [-0.2, 0) is 19.7 Å². The number of benzene rings is 3. The van der Waals surface area contributed by atoms with Crippen LogP contribution in [0.2, 0.25) is 5.02 Å². The summed E-state index contributed by atoms with van der Waals surface area (Å²) in [5.41, 5.74) is 4.36. The number of nitrogens with one attached hydrogen (secondary N) is 2. The summed E-state index contributed by atoms with van der Waals surface area (Å²) in [6.45, 7) is 2.00. The van der Waals surface area contributed by atoms with E-state index in [-0.39, 0.29) is 0 Å². The number of aromatic amines is 1. The smallest absolute Gasteiger partial charge is 0.121 e. The van der Waals surface area contributed by atoms with E-state index in [0.29, 0.717) is 13.2 Å². The van der Waals surface area contributed by atoms with Crippen LogP contribution in [0.5, 0.6) is 5.75 Å². The molecule has 0 atom stereocenters. The first-order valence-electron chi connectivity index (χ1n) is 8.87. The van der Waals surface area contributed by atoms with Gasteiger partial charge in [-0.1, -0.05) is 48.0 Å². The molecule has 0 fully saturated rings. The summed E-state index contributed by atoms with van der Waals surface area (Å²) >= 11 is 5.89. The van der Waals surface area contributed by atoms with Crippen molar-refractivity contribution in [2.45, 2.75) is 19.7 Å². The molecule has 3 aromatic carbocycles. The molecule has 27 heavy (non-hydrogen) atoms. The van der Waals surface area contributed by atoms with Crippen molar-refractivity contribution in [3.63, 3.8) is 0 Å². The van der Waals surface area contributed by atoms with Crippen molar-refractivity contribution in [1.29, 1.82) is 0 Å². The van der Waals surface area contributed by atoms with Crippen molar-refractivity contribution in [2.24, 2.45) is 0 Å². The van der Waals surface area contributed by atoms with E-state index in [2.05, 4.69) is 27.4 Å². The van der Waals surface area contributed by atoms with Gasteiger partial charge in [-0.2, -0.15) is 0 Å². The third-order valence-electron chi connectivity index (χ3n) is 4.30. The van der Waals surface area contributed by atoms with Crippen LogP contribution in [0.15, 0.2) is 72.8 Å². The minimum absolute atomic E-state index is 0.529. The molecule has 0 aliphatic rings. The maximum absolute atomic E-state index is 5.89. The topological polar surface area (TPSA) is 49.9 Å². The Bertz CT molecular complexity index is 977. The molecule has 4 aromatic rings. The number of imidazole rings is 1. The lowest BCUT2D eigenvalue weighted by Crippen LogP contribution is -2.13. The quantitative estimate of drug-likeness (QED) is 0.472. The summed E-state index contributed by atoms with van der Waals surface area (Å²) in [7, 11) is 0. The Labute approximate surface area is 163 Å². The highest BCUT2D eigenvalue weighted by Gasteiger charge is 2.02. The number of rotatable bonds is 7. The average molecular weight is 378 g/mol. The third-order valence-corrected chi connectivity index (χ3v) is 4.55. The van der Waals surface area contributed by atoms with Crippen LogP contribution in [0.1, 0.15) is 17.0 Å². The predicted molar refractivity (Wildman–Crippen MR) is 109 cm³/mol. The first-order valence-corrected chi connectivity index (χ1v) is 9.24. The lowest BCUT2D eigenvalue weighted by Gasteiger charge is -2.08. The number of halogens is 1. The van der Waals surface area contributed by atoms with E-state index in [4.69, 9.17) is 16.3 Å². The second-order valence-electron chi connectivity index (χ2n) is 6.36. The van der Waals surface area contributed by atoms with Crippen LogP contribution < -0.4 is 10.1 Å². The molecular formula is C22H20ClN3O. The fourth-order valence-corrected chi connectivity index (χ4v) is 2.99. The molecule has 1 heterocycles. The molecule has 136 valence electrons. The minimum atomic E-state index is 0.529. The number of fused-ring (bicyclic) bond motifs is 1. The van der Waals surface area contributed by atoms with Crippen LogP contribution in [0, 0.1) is 0 Å². The molecule has 0 saturated carbocycles. The van der Waals surface area contributed by atoms with Gasteiger partial charge in [-0.3, -0.25) is 0 Å². The highest BCUT2D eigenvalue weighted by atomic mass is 35.5. The van der Waals surface area contributed by atoms with E-state index in [1.54, 1.807) is 0 Å². The van der Waals surface area contributed by atoms with E-state index in [9.17, 15) is 0 Å². The van der Waals surface area contributed by atoms with E-state index in [1.807, 2.05) is 60.7 Å². The molecular weight excluding hydrogens is 358 g/mol. The molecule has 0 radical (unpaired) electrons. The third kappa shape index (κ3) is 4.67. The van der Waals surface area contributed by atoms with Crippen LogP contribution in [-0.4, -0.2) is 9.97 Å². The molecule has 1 aromatic heterocycles. The number of hydrogen-bond donors (Lipinski definition) is 2. The van der Waals surface area contributed by atoms with Crippen LogP contribution in [0.25, 0.3) is 11.0 Å². The molecule has 5 heteroatoms. The van der Waals surface area contributed by atoms with Gasteiger partial charge in [0.15, 0.2) is 0 Å². The van der Waals surface area contributed by atoms with Gasteiger partial charge in [0.25, 0.3) is 0 Å². The number of ether oxygens (including phenoxy) is 1. The lowest BCUT2D eigenvalue weighted by atomic mass is 10.2. The molecule has 0 aliphatic heterocycles. The van der Waals surface area contributed by atoms with Gasteiger partial charge in [0.2, 0.25) is 0 Å². The fourth-order valence-electron chi connectivity index (χ4n) is 2.87. The largest absolute Gasteiger partial charge is 0.489 e. The van der Waals surface area contributed by atoms with Crippen molar-refractivity contribution < 1.29 is 4.74 Å². The zero-order valence-corrected chi connectivity index (χ0v) is 15.5. The van der Waals surface area contributed by atoms with Crippen LogP contribution in [0.3, 0.4) is 0 Å². The summed E-state index contributed by atoms with van der Waals surface area (Å²) in [5.74, 6) is 1.80. The maximum atomic E-state index is 5.89. The predicted octanol–water partition coefficient (Wildman–Crippen LogP) is 5.09. The van der Waals surface area contributed by atoms with E-state index in [1.165, 1.54) is 5.56 Å². The van der Waals surface area contributed by atoms with Gasteiger partial charge in [0, 0.05) is 11.6 Å². The van der Waals surface area contributed by atoms with Gasteiger partial charge in [0.05, 0.1) is 17.6 Å². The molecule has 4 rings (SSSR count). The van der Waals surface area contributed by atoms with Crippen LogP contribution in [0.4, 0.5) is 0 Å². The summed E-state index contributed by atoms with van der Waals surface area (Å²) in [6.07, 6.45) is 0. The Hall–Kier alpha value is -2.82. The van der Waals surface area contributed by atoms with Crippen molar-refractivity contribution in [3.8, 4) is 5.75 Å². The van der Waals surface area contributed by atoms with Crippen LogP contribution >= 0.6 is 11.6 Å². The summed E-state index contributed by atoms with van der Waals surface area (Å²) in [4.78, 5) is 7.90. The molecule has 2 N–H and O–H groups in total. The highest BCUT2D eigenvalue weighted by molar-refractivity contribution is 6.30. The Kier molecular flexibility index (Phi) is 5.37. The SMILES string of the molecule is Clc1ccc(COc2ccc(CNCc3nc4ccccc4[nH]3)cc2)cc1. The zero-order chi connectivity index (χ0) is 18.5. The Morgan fingerprint density at radius 2 is 1.59 bits per heavy atom. The zero-order valence-electron chi connectivity index (χ0n) is 14.8. The number of para-hydroxylation sites is 2. The molecule has 0 saturated heterocycles. The molecule has 0 bridgehead atoms. The Morgan fingerprint density at radius 3 is 2.37 bits per heavy atom. The summed E-state index contributed by atoms with van der Waals surface area (Å²) in [6, 6.07) is 23.9. The lowest BCUT2D eigenvalue weighted by molar-refractivity contribution is 0.306. The first kappa shape index (κ1) is 17.6. The summed E-state index contributed by atoms with van der Waals surface area (Å²) < 4.78 is 5.82. The van der Waals surface area contributed by atoms with E-state index < -0.39 is 0 Å². The van der Waals surface area contributed by atoms with Crippen molar-refractivity contribution >= 4 is 22.6 Å². The molecule has 0 unspecified atom stereocenters. The monoisotopic (exact) mass is 377 g/mol. The molecule has 0 spiro atoms. The Morgan fingerprint density at radius 1 is 0.852 bits per heavy atom. The van der Waals surface area contributed by atoms with Gasteiger partial charge in [-0.15, -0.1) is 0 Å². The second kappa shape index (κ2) is 8.25. The van der Waals surface area contributed by atoms with Gasteiger partial charge in [-0.05, 0) is 47.5 Å². The first-order chi connectivity index (χ1) is 13.3. The standard InChI is InChI=1S/C22H20ClN3O/c23-18-9-5-17(6-10-18)15-27-19-11-7-16(8-12-19)13-24-14-22-25-20-3-1-2-4-21(20)26-22/h1-12,24H,13-15H2,(H,25,26). The van der Waals surface area contributed by atoms with Crippen molar-refractivity contribution in [1.82, 2.24) is 15.3 Å². The number of aromatic nitrogens is 2. The molecule has 0 aliphatic carbocycles. The normalized spacial score (nSPS) is 11.0. The average Bonchev–Trinajstić information content (AvgIpc) is 3.11. The maximum Gasteiger partial charge on any atom is 0.121 e. The van der Waals surface area contributed by atoms with Gasteiger partial charge < -0.3 is 15.0 Å². The van der Waals surface area contributed by atoms with Gasteiger partial charge >= 0.3 is 0 Å². The van der Waals surface area contributed by atoms with Crippen molar-refractivity contribution in [3.05, 3.63) is 94.8 Å². The number of H-pyrrole nitrogens is 1. The highest BCUT2D eigenvalue weighted by Crippen LogP contribution is 2.16. The number of hydrogen-bond acceptors (Lipinski definition) is 3. The van der Waals surface area contributed by atoms with Gasteiger partial charge in [-0.25, -0.2) is 4.98 Å². The van der Waals surface area contributed by atoms with E-state index in [0.717, 1.165) is 39.7 Å². The minimum Gasteiger partial charge on any atom is -0.489 e. The number of nitrogens with zero attached hydrogens (tertiary/aromatic N) is 1. The summed E-state index contributed by atoms with van der Waals surface area (Å²) in [5, 5.41) is 4.15. The molecule has 4 nitrogen and oxygen atoms in total. The van der Waals surface area contributed by atoms with E-state index >= 15 is 0 Å². The molecule has 0 amide bonds.